The number of amides is 1. The Morgan fingerprint density at radius 2 is 1.76 bits per heavy atom. The van der Waals surface area contributed by atoms with E-state index >= 15 is 0 Å². The molecule has 138 valence electrons. The van der Waals surface area contributed by atoms with E-state index in [-0.39, 0.29) is 10.8 Å². The van der Waals surface area contributed by atoms with Crippen molar-refractivity contribution >= 4 is 44.8 Å². The molecular formula is C16H21Cl2N3O3S. The van der Waals surface area contributed by atoms with Crippen LogP contribution in [0.1, 0.15) is 13.3 Å². The maximum absolute atomic E-state index is 12.7. The van der Waals surface area contributed by atoms with Crippen molar-refractivity contribution in [2.45, 2.75) is 22.6 Å². The third-order valence-corrected chi connectivity index (χ3v) is 7.43. The quantitative estimate of drug-likeness (QED) is 0.761. The van der Waals surface area contributed by atoms with Crippen LogP contribution in [-0.4, -0.2) is 60.6 Å². The summed E-state index contributed by atoms with van der Waals surface area (Å²) in [5, 5.41) is 2.71. The molecule has 1 saturated carbocycles. The average Bonchev–Trinajstić information content (AvgIpc) is 3.24. The lowest BCUT2D eigenvalue weighted by Crippen LogP contribution is -2.48. The SMILES string of the molecule is CCN1CCN(S(=O)(=O)c2ccc(NC(=O)C3CC3(Cl)Cl)cc2)CC1. The van der Waals surface area contributed by atoms with Gasteiger partial charge in [0, 0.05) is 31.9 Å². The standard InChI is InChI=1S/C16H21Cl2N3O3S/c1-2-20-7-9-21(10-8-20)25(23,24)13-5-3-12(4-6-13)19-15(22)14-11-16(14,17)18/h3-6,14H,2,7-11H2,1H3,(H,19,22). The van der Waals surface area contributed by atoms with Crippen molar-refractivity contribution in [2.24, 2.45) is 5.92 Å². The first-order valence-electron chi connectivity index (χ1n) is 8.25. The highest BCUT2D eigenvalue weighted by Gasteiger charge is 2.56. The molecule has 1 aliphatic carbocycles. The smallest absolute Gasteiger partial charge is 0.243 e. The summed E-state index contributed by atoms with van der Waals surface area (Å²) in [5.41, 5.74) is 0.524. The Labute approximate surface area is 158 Å². The van der Waals surface area contributed by atoms with Gasteiger partial charge in [0.05, 0.1) is 10.8 Å². The molecule has 9 heteroatoms. The van der Waals surface area contributed by atoms with Gasteiger partial charge in [0.15, 0.2) is 0 Å². The molecule has 1 saturated heterocycles. The molecule has 1 atom stereocenters. The minimum absolute atomic E-state index is 0.228. The number of carbonyl (C=O) groups excluding carboxylic acids is 1. The number of sulfonamides is 1. The highest BCUT2D eigenvalue weighted by atomic mass is 35.5. The van der Waals surface area contributed by atoms with Gasteiger partial charge in [0.2, 0.25) is 15.9 Å². The number of anilines is 1. The zero-order valence-electron chi connectivity index (χ0n) is 13.9. The van der Waals surface area contributed by atoms with Gasteiger partial charge in [0.25, 0.3) is 0 Å². The number of likely N-dealkylation sites (N-methyl/N-ethyl adjacent to an activating group) is 1. The van der Waals surface area contributed by atoms with Gasteiger partial charge in [-0.1, -0.05) is 6.92 Å². The highest BCUT2D eigenvalue weighted by molar-refractivity contribution is 7.89. The number of halogens is 2. The molecule has 1 unspecified atom stereocenters. The van der Waals surface area contributed by atoms with Crippen LogP contribution in [0.25, 0.3) is 0 Å². The average molecular weight is 406 g/mol. The van der Waals surface area contributed by atoms with E-state index in [9.17, 15) is 13.2 Å². The maximum atomic E-state index is 12.7. The van der Waals surface area contributed by atoms with E-state index in [1.54, 1.807) is 12.1 Å². The second-order valence-corrected chi connectivity index (χ2v) is 9.85. The molecule has 0 spiro atoms. The Morgan fingerprint density at radius 1 is 1.20 bits per heavy atom. The molecular weight excluding hydrogens is 385 g/mol. The molecule has 2 fully saturated rings. The van der Waals surface area contributed by atoms with Gasteiger partial charge in [-0.2, -0.15) is 4.31 Å². The van der Waals surface area contributed by atoms with Crippen molar-refractivity contribution in [3.8, 4) is 0 Å². The fourth-order valence-electron chi connectivity index (χ4n) is 2.87. The molecule has 1 amide bonds. The summed E-state index contributed by atoms with van der Waals surface area (Å²) >= 11 is 11.8. The molecule has 1 N–H and O–H groups in total. The van der Waals surface area contributed by atoms with Crippen LogP contribution in [-0.2, 0) is 14.8 Å². The predicted octanol–water partition coefficient (Wildman–Crippen LogP) is 2.15. The molecule has 1 aromatic carbocycles. The van der Waals surface area contributed by atoms with Crippen molar-refractivity contribution in [2.75, 3.05) is 38.0 Å². The summed E-state index contributed by atoms with van der Waals surface area (Å²) in [4.78, 5) is 14.4. The highest BCUT2D eigenvalue weighted by Crippen LogP contribution is 2.53. The van der Waals surface area contributed by atoms with Crippen LogP contribution in [0.3, 0.4) is 0 Å². The van der Waals surface area contributed by atoms with Crippen LogP contribution in [0, 0.1) is 5.92 Å². The van der Waals surface area contributed by atoms with E-state index in [1.807, 2.05) is 0 Å². The second-order valence-electron chi connectivity index (χ2n) is 6.37. The molecule has 25 heavy (non-hydrogen) atoms. The van der Waals surface area contributed by atoms with Gasteiger partial charge in [0.1, 0.15) is 4.33 Å². The minimum Gasteiger partial charge on any atom is -0.326 e. The Kier molecular flexibility index (Phi) is 5.33. The van der Waals surface area contributed by atoms with Crippen molar-refractivity contribution in [3.63, 3.8) is 0 Å². The maximum Gasteiger partial charge on any atom is 0.243 e. The van der Waals surface area contributed by atoms with Gasteiger partial charge in [-0.15, -0.1) is 23.2 Å². The number of rotatable bonds is 5. The fraction of sp³-hybridized carbons (Fsp3) is 0.562. The zero-order chi connectivity index (χ0) is 18.2. The van der Waals surface area contributed by atoms with E-state index in [0.717, 1.165) is 19.6 Å². The van der Waals surface area contributed by atoms with Gasteiger partial charge >= 0.3 is 0 Å². The van der Waals surface area contributed by atoms with Crippen LogP contribution in [0.5, 0.6) is 0 Å². The molecule has 0 radical (unpaired) electrons. The Morgan fingerprint density at radius 3 is 2.24 bits per heavy atom. The first kappa shape index (κ1) is 18.9. The van der Waals surface area contributed by atoms with Crippen molar-refractivity contribution in [3.05, 3.63) is 24.3 Å². The number of carbonyl (C=O) groups is 1. The summed E-state index contributed by atoms with van der Waals surface area (Å²) in [6.45, 7) is 5.45. The van der Waals surface area contributed by atoms with Crippen molar-refractivity contribution in [1.82, 2.24) is 9.21 Å². The number of benzene rings is 1. The van der Waals surface area contributed by atoms with Crippen molar-refractivity contribution in [1.29, 1.82) is 0 Å². The summed E-state index contributed by atoms with van der Waals surface area (Å²) in [6.07, 6.45) is 0.429. The first-order chi connectivity index (χ1) is 11.7. The Hall–Kier alpha value is -0.860. The molecule has 1 aromatic rings. The lowest BCUT2D eigenvalue weighted by Gasteiger charge is -2.33. The predicted molar refractivity (Wildman–Crippen MR) is 98.5 cm³/mol. The van der Waals surface area contributed by atoms with Crippen LogP contribution >= 0.6 is 23.2 Å². The molecule has 1 aliphatic heterocycles. The van der Waals surface area contributed by atoms with Gasteiger partial charge < -0.3 is 10.2 Å². The number of alkyl halides is 2. The summed E-state index contributed by atoms with van der Waals surface area (Å²) < 4.78 is 25.9. The van der Waals surface area contributed by atoms with Gasteiger partial charge in [-0.05, 0) is 37.2 Å². The van der Waals surface area contributed by atoms with E-state index in [2.05, 4.69) is 17.1 Å². The number of hydrogen-bond donors (Lipinski definition) is 1. The number of piperazine rings is 1. The lowest BCUT2D eigenvalue weighted by atomic mass is 10.3. The molecule has 2 aliphatic rings. The van der Waals surface area contributed by atoms with Crippen molar-refractivity contribution < 1.29 is 13.2 Å². The monoisotopic (exact) mass is 405 g/mol. The molecule has 3 rings (SSSR count). The van der Waals surface area contributed by atoms with Crippen LogP contribution in [0.2, 0.25) is 0 Å². The largest absolute Gasteiger partial charge is 0.326 e. The molecule has 6 nitrogen and oxygen atoms in total. The van der Waals surface area contributed by atoms with Crippen LogP contribution in [0.4, 0.5) is 5.69 Å². The van der Waals surface area contributed by atoms with E-state index in [4.69, 9.17) is 23.2 Å². The van der Waals surface area contributed by atoms with Crippen LogP contribution < -0.4 is 5.32 Å². The Bertz CT molecular complexity index is 744. The number of nitrogens with zero attached hydrogens (tertiary/aromatic N) is 2. The third kappa shape index (κ3) is 4.11. The third-order valence-electron chi connectivity index (χ3n) is 4.68. The molecule has 0 aromatic heterocycles. The number of nitrogens with one attached hydrogen (secondary N) is 1. The van der Waals surface area contributed by atoms with E-state index in [0.29, 0.717) is 25.2 Å². The zero-order valence-corrected chi connectivity index (χ0v) is 16.2. The topological polar surface area (TPSA) is 69.7 Å². The summed E-state index contributed by atoms with van der Waals surface area (Å²) in [7, 11) is -3.51. The second kappa shape index (κ2) is 7.04. The van der Waals surface area contributed by atoms with Gasteiger partial charge in [-0.3, -0.25) is 4.79 Å². The van der Waals surface area contributed by atoms with Crippen LogP contribution in [0.15, 0.2) is 29.2 Å². The fourth-order valence-corrected chi connectivity index (χ4v) is 4.80. The Balaban J connectivity index is 1.64. The molecule has 1 heterocycles. The number of hydrogen-bond acceptors (Lipinski definition) is 4. The lowest BCUT2D eigenvalue weighted by molar-refractivity contribution is -0.117. The minimum atomic E-state index is -3.51. The summed E-state index contributed by atoms with van der Waals surface area (Å²) in [6, 6.07) is 6.19. The van der Waals surface area contributed by atoms with E-state index in [1.165, 1.54) is 16.4 Å². The van der Waals surface area contributed by atoms with E-state index < -0.39 is 20.3 Å². The molecule has 0 bridgehead atoms. The first-order valence-corrected chi connectivity index (χ1v) is 10.4. The normalized spacial score (nSPS) is 24.0. The summed E-state index contributed by atoms with van der Waals surface area (Å²) in [5.74, 6) is -0.676. The van der Waals surface area contributed by atoms with Gasteiger partial charge in [-0.25, -0.2) is 8.42 Å².